The van der Waals surface area contributed by atoms with E-state index < -0.39 is 0 Å². The Labute approximate surface area is 88.2 Å². The van der Waals surface area contributed by atoms with E-state index in [1.165, 1.54) is 0 Å². The normalized spacial score (nSPS) is 12.0. The lowest BCUT2D eigenvalue weighted by Gasteiger charge is -2.23. The molecule has 0 rings (SSSR count). The molecule has 0 unspecified atom stereocenters. The third-order valence-corrected chi connectivity index (χ3v) is 2.22. The molecule has 14 heavy (non-hydrogen) atoms. The van der Waals surface area contributed by atoms with Crippen LogP contribution in [0.2, 0.25) is 0 Å². The molecule has 0 aliphatic carbocycles. The predicted molar refractivity (Wildman–Crippen MR) is 59.6 cm³/mol. The summed E-state index contributed by atoms with van der Waals surface area (Å²) in [5, 5.41) is 3.19. The highest BCUT2D eigenvalue weighted by atomic mass is 16.5. The summed E-state index contributed by atoms with van der Waals surface area (Å²) in [5.74, 6) is 0. The Morgan fingerprint density at radius 1 is 1.14 bits per heavy atom. The molecule has 3 nitrogen and oxygen atoms in total. The fourth-order valence-electron chi connectivity index (χ4n) is 1.32. The van der Waals surface area contributed by atoms with E-state index in [4.69, 9.17) is 9.47 Å². The largest absolute Gasteiger partial charge is 0.385 e. The lowest BCUT2D eigenvalue weighted by Crippen LogP contribution is -2.28. The number of hydrogen-bond acceptors (Lipinski definition) is 3. The van der Waals surface area contributed by atoms with Crippen molar-refractivity contribution in [2.24, 2.45) is 5.41 Å². The average molecular weight is 203 g/mol. The van der Waals surface area contributed by atoms with Gasteiger partial charge in [-0.3, -0.25) is 0 Å². The van der Waals surface area contributed by atoms with Crippen LogP contribution in [0.15, 0.2) is 0 Å². The Bertz CT molecular complexity index is 126. The van der Waals surface area contributed by atoms with Gasteiger partial charge in [-0.1, -0.05) is 13.8 Å². The molecule has 0 heterocycles. The lowest BCUT2D eigenvalue weighted by molar-refractivity contribution is 0.0832. The third kappa shape index (κ3) is 8.48. The first-order chi connectivity index (χ1) is 6.62. The molecule has 1 N–H and O–H groups in total. The van der Waals surface area contributed by atoms with Gasteiger partial charge in [0.1, 0.15) is 0 Å². The highest BCUT2D eigenvalue weighted by Crippen LogP contribution is 2.18. The summed E-state index contributed by atoms with van der Waals surface area (Å²) in [6.07, 6.45) is 2.09. The van der Waals surface area contributed by atoms with E-state index in [9.17, 15) is 0 Å². The van der Waals surface area contributed by atoms with Crippen molar-refractivity contribution in [1.29, 1.82) is 0 Å². The van der Waals surface area contributed by atoms with Gasteiger partial charge in [-0.15, -0.1) is 0 Å². The van der Waals surface area contributed by atoms with Gasteiger partial charge in [-0.25, -0.2) is 0 Å². The van der Waals surface area contributed by atoms with Crippen molar-refractivity contribution in [1.82, 2.24) is 5.32 Å². The van der Waals surface area contributed by atoms with Gasteiger partial charge in [0.05, 0.1) is 0 Å². The van der Waals surface area contributed by atoms with Gasteiger partial charge in [0.15, 0.2) is 0 Å². The number of hydrogen-bond donors (Lipinski definition) is 1. The van der Waals surface area contributed by atoms with E-state index in [0.29, 0.717) is 5.41 Å². The minimum Gasteiger partial charge on any atom is -0.385 e. The lowest BCUT2D eigenvalue weighted by atomic mass is 9.90. The van der Waals surface area contributed by atoms with E-state index in [0.717, 1.165) is 39.2 Å². The summed E-state index contributed by atoms with van der Waals surface area (Å²) in [4.78, 5) is 0. The van der Waals surface area contributed by atoms with E-state index in [2.05, 4.69) is 19.2 Å². The van der Waals surface area contributed by atoms with Crippen molar-refractivity contribution < 1.29 is 9.47 Å². The smallest absolute Gasteiger partial charge is 0.0487 e. The summed E-state index contributed by atoms with van der Waals surface area (Å²) in [7, 11) is 3.71. The van der Waals surface area contributed by atoms with Crippen molar-refractivity contribution in [2.45, 2.75) is 26.7 Å². The fraction of sp³-hybridized carbons (Fsp3) is 1.00. The Morgan fingerprint density at radius 2 is 1.86 bits per heavy atom. The standard InChI is InChI=1S/C11H25NO2/c1-11(2,10-12-3)6-9-14-8-5-7-13-4/h12H,5-10H2,1-4H3. The molecule has 0 fully saturated rings. The van der Waals surface area contributed by atoms with Gasteiger partial charge in [0, 0.05) is 33.5 Å². The summed E-state index contributed by atoms with van der Waals surface area (Å²) in [6, 6.07) is 0. The second-order valence-corrected chi connectivity index (χ2v) is 4.40. The van der Waals surface area contributed by atoms with Crippen LogP contribution in [-0.4, -0.2) is 40.5 Å². The van der Waals surface area contributed by atoms with Gasteiger partial charge < -0.3 is 14.8 Å². The molecule has 0 spiro atoms. The number of ether oxygens (including phenoxy) is 2. The van der Waals surface area contributed by atoms with Gasteiger partial charge in [-0.2, -0.15) is 0 Å². The van der Waals surface area contributed by atoms with Crippen LogP contribution in [0.1, 0.15) is 26.7 Å². The van der Waals surface area contributed by atoms with Gasteiger partial charge >= 0.3 is 0 Å². The molecule has 0 amide bonds. The van der Waals surface area contributed by atoms with Gasteiger partial charge in [0.2, 0.25) is 0 Å². The van der Waals surface area contributed by atoms with Crippen molar-refractivity contribution >= 4 is 0 Å². The maximum Gasteiger partial charge on any atom is 0.0487 e. The summed E-state index contributed by atoms with van der Waals surface area (Å²) in [6.45, 7) is 7.99. The number of methoxy groups -OCH3 is 1. The third-order valence-electron chi connectivity index (χ3n) is 2.22. The molecule has 3 heteroatoms. The monoisotopic (exact) mass is 203 g/mol. The van der Waals surface area contributed by atoms with Crippen molar-refractivity contribution in [2.75, 3.05) is 40.5 Å². The maximum absolute atomic E-state index is 5.51. The Hall–Kier alpha value is -0.120. The molecular formula is C11H25NO2. The highest BCUT2D eigenvalue weighted by Gasteiger charge is 2.15. The van der Waals surface area contributed by atoms with Gasteiger partial charge in [0.25, 0.3) is 0 Å². The van der Waals surface area contributed by atoms with Crippen LogP contribution in [0.4, 0.5) is 0 Å². The van der Waals surface area contributed by atoms with E-state index >= 15 is 0 Å². The van der Waals surface area contributed by atoms with Gasteiger partial charge in [-0.05, 0) is 25.3 Å². The average Bonchev–Trinajstić information content (AvgIpc) is 2.11. The van der Waals surface area contributed by atoms with Crippen LogP contribution < -0.4 is 5.32 Å². The molecule has 0 saturated heterocycles. The minimum atomic E-state index is 0.329. The summed E-state index contributed by atoms with van der Waals surface area (Å²) in [5.41, 5.74) is 0.329. The molecule has 0 radical (unpaired) electrons. The molecule has 0 saturated carbocycles. The molecule has 86 valence electrons. The Kier molecular flexibility index (Phi) is 8.14. The molecule has 0 bridgehead atoms. The summed E-state index contributed by atoms with van der Waals surface area (Å²) >= 11 is 0. The van der Waals surface area contributed by atoms with Crippen LogP contribution in [0.25, 0.3) is 0 Å². The number of nitrogens with one attached hydrogen (secondary N) is 1. The molecule has 0 aromatic heterocycles. The van der Waals surface area contributed by atoms with Crippen LogP contribution >= 0.6 is 0 Å². The second-order valence-electron chi connectivity index (χ2n) is 4.40. The maximum atomic E-state index is 5.51. The zero-order valence-corrected chi connectivity index (χ0v) is 10.1. The molecular weight excluding hydrogens is 178 g/mol. The van der Waals surface area contributed by atoms with E-state index in [1.54, 1.807) is 7.11 Å². The van der Waals surface area contributed by atoms with Crippen LogP contribution in [0.5, 0.6) is 0 Å². The minimum absolute atomic E-state index is 0.329. The topological polar surface area (TPSA) is 30.5 Å². The van der Waals surface area contributed by atoms with Crippen molar-refractivity contribution in [3.8, 4) is 0 Å². The Morgan fingerprint density at radius 3 is 2.43 bits per heavy atom. The quantitative estimate of drug-likeness (QED) is 0.578. The highest BCUT2D eigenvalue weighted by molar-refractivity contribution is 4.69. The van der Waals surface area contributed by atoms with Crippen molar-refractivity contribution in [3.05, 3.63) is 0 Å². The summed E-state index contributed by atoms with van der Waals surface area (Å²) < 4.78 is 10.4. The molecule has 0 aliphatic heterocycles. The molecule has 0 aromatic rings. The first kappa shape index (κ1) is 13.9. The van der Waals surface area contributed by atoms with Crippen LogP contribution in [0, 0.1) is 5.41 Å². The predicted octanol–water partition coefficient (Wildman–Crippen LogP) is 1.68. The molecule has 0 atom stereocenters. The SMILES string of the molecule is CNCC(C)(C)CCOCCCOC. The van der Waals surface area contributed by atoms with E-state index in [1.807, 2.05) is 7.05 Å². The zero-order chi connectivity index (χ0) is 10.9. The first-order valence-electron chi connectivity index (χ1n) is 5.33. The van der Waals surface area contributed by atoms with E-state index in [-0.39, 0.29) is 0 Å². The number of rotatable bonds is 9. The van der Waals surface area contributed by atoms with Crippen LogP contribution in [0.3, 0.4) is 0 Å². The second kappa shape index (κ2) is 8.21. The molecule has 0 aliphatic rings. The first-order valence-corrected chi connectivity index (χ1v) is 5.33. The molecule has 0 aromatic carbocycles. The zero-order valence-electron chi connectivity index (χ0n) is 10.1. The van der Waals surface area contributed by atoms with Crippen LogP contribution in [-0.2, 0) is 9.47 Å². The fourth-order valence-corrected chi connectivity index (χ4v) is 1.32. The Balaban J connectivity index is 3.26. The van der Waals surface area contributed by atoms with Crippen molar-refractivity contribution in [3.63, 3.8) is 0 Å².